The van der Waals surface area contributed by atoms with Crippen molar-refractivity contribution in [3.05, 3.63) is 29.8 Å². The standard InChI is InChI=1S/C15H26N4O2S/c1-15(2,3)18-14(16-4)17-11-12-7-9-13(10-8-12)22(20,21)19(5)6/h7-10H,11H2,1-6H3,(H2,16,17,18). The molecule has 0 aliphatic carbocycles. The molecule has 1 aromatic carbocycles. The van der Waals surface area contributed by atoms with E-state index in [0.717, 1.165) is 5.56 Å². The van der Waals surface area contributed by atoms with E-state index in [0.29, 0.717) is 17.4 Å². The molecule has 0 bridgehead atoms. The van der Waals surface area contributed by atoms with E-state index >= 15 is 0 Å². The monoisotopic (exact) mass is 326 g/mol. The van der Waals surface area contributed by atoms with E-state index in [9.17, 15) is 8.42 Å². The molecular formula is C15H26N4O2S. The second-order valence-corrected chi connectivity index (χ2v) is 8.38. The van der Waals surface area contributed by atoms with Gasteiger partial charge in [0, 0.05) is 33.2 Å². The second-order valence-electron chi connectivity index (χ2n) is 6.23. The zero-order valence-electron chi connectivity index (χ0n) is 14.1. The van der Waals surface area contributed by atoms with Gasteiger partial charge in [0.05, 0.1) is 4.90 Å². The average molecular weight is 326 g/mol. The lowest BCUT2D eigenvalue weighted by Crippen LogP contribution is -2.47. The minimum Gasteiger partial charge on any atom is -0.352 e. The van der Waals surface area contributed by atoms with Gasteiger partial charge in [-0.05, 0) is 38.5 Å². The molecule has 0 aromatic heterocycles. The fourth-order valence-electron chi connectivity index (χ4n) is 1.71. The highest BCUT2D eigenvalue weighted by Crippen LogP contribution is 2.13. The van der Waals surface area contributed by atoms with E-state index in [1.807, 2.05) is 0 Å². The lowest BCUT2D eigenvalue weighted by molar-refractivity contribution is 0.501. The van der Waals surface area contributed by atoms with Gasteiger partial charge in [-0.25, -0.2) is 12.7 Å². The summed E-state index contributed by atoms with van der Waals surface area (Å²) in [4.78, 5) is 4.45. The van der Waals surface area contributed by atoms with Gasteiger partial charge in [0.15, 0.2) is 5.96 Å². The Bertz CT molecular complexity index is 614. The topological polar surface area (TPSA) is 73.8 Å². The maximum Gasteiger partial charge on any atom is 0.242 e. The van der Waals surface area contributed by atoms with E-state index < -0.39 is 10.0 Å². The molecule has 6 nitrogen and oxygen atoms in total. The van der Waals surface area contributed by atoms with Crippen LogP contribution < -0.4 is 10.6 Å². The lowest BCUT2D eigenvalue weighted by atomic mass is 10.1. The van der Waals surface area contributed by atoms with Gasteiger partial charge in [-0.3, -0.25) is 4.99 Å². The molecule has 0 unspecified atom stereocenters. The summed E-state index contributed by atoms with van der Waals surface area (Å²) in [5.74, 6) is 0.706. The number of sulfonamides is 1. The van der Waals surface area contributed by atoms with Gasteiger partial charge in [-0.15, -0.1) is 0 Å². The Balaban J connectivity index is 2.73. The van der Waals surface area contributed by atoms with Crippen molar-refractivity contribution >= 4 is 16.0 Å². The predicted molar refractivity (Wildman–Crippen MR) is 90.4 cm³/mol. The van der Waals surface area contributed by atoms with Crippen LogP contribution in [-0.2, 0) is 16.6 Å². The second kappa shape index (κ2) is 7.11. The third-order valence-electron chi connectivity index (χ3n) is 2.88. The Morgan fingerprint density at radius 2 is 1.73 bits per heavy atom. The van der Waals surface area contributed by atoms with Crippen LogP contribution >= 0.6 is 0 Å². The Hall–Kier alpha value is -1.60. The van der Waals surface area contributed by atoms with Crippen LogP contribution in [0.3, 0.4) is 0 Å². The van der Waals surface area contributed by atoms with Crippen molar-refractivity contribution in [1.29, 1.82) is 0 Å². The minimum atomic E-state index is -3.38. The maximum atomic E-state index is 12.0. The van der Waals surface area contributed by atoms with E-state index in [4.69, 9.17) is 0 Å². The summed E-state index contributed by atoms with van der Waals surface area (Å²) in [5.41, 5.74) is 0.903. The Kier molecular flexibility index (Phi) is 5.96. The van der Waals surface area contributed by atoms with Crippen molar-refractivity contribution in [3.8, 4) is 0 Å². The van der Waals surface area contributed by atoms with Gasteiger partial charge in [-0.2, -0.15) is 0 Å². The molecule has 0 amide bonds. The van der Waals surface area contributed by atoms with Gasteiger partial charge < -0.3 is 10.6 Å². The van der Waals surface area contributed by atoms with Crippen molar-refractivity contribution in [2.45, 2.75) is 37.8 Å². The van der Waals surface area contributed by atoms with E-state index in [1.165, 1.54) is 18.4 Å². The van der Waals surface area contributed by atoms with E-state index in [-0.39, 0.29) is 5.54 Å². The number of guanidine groups is 1. The third-order valence-corrected chi connectivity index (χ3v) is 4.71. The van der Waals surface area contributed by atoms with Gasteiger partial charge in [-0.1, -0.05) is 12.1 Å². The van der Waals surface area contributed by atoms with Crippen LogP contribution in [0, 0.1) is 0 Å². The quantitative estimate of drug-likeness (QED) is 0.648. The molecule has 7 heteroatoms. The average Bonchev–Trinajstić information content (AvgIpc) is 2.42. The fourth-order valence-corrected chi connectivity index (χ4v) is 2.61. The number of aliphatic imine (C=N–C) groups is 1. The number of hydrogen-bond acceptors (Lipinski definition) is 3. The SMILES string of the molecule is CN=C(NCc1ccc(S(=O)(=O)N(C)C)cc1)NC(C)(C)C. The number of hydrogen-bond donors (Lipinski definition) is 2. The van der Waals surface area contributed by atoms with Gasteiger partial charge in [0.25, 0.3) is 0 Å². The molecule has 0 radical (unpaired) electrons. The van der Waals surface area contributed by atoms with Gasteiger partial charge in [0.2, 0.25) is 10.0 Å². The van der Waals surface area contributed by atoms with Crippen LogP contribution in [-0.4, -0.2) is 45.4 Å². The molecule has 124 valence electrons. The zero-order valence-corrected chi connectivity index (χ0v) is 15.0. The summed E-state index contributed by atoms with van der Waals surface area (Å²) < 4.78 is 25.2. The van der Waals surface area contributed by atoms with E-state index in [2.05, 4.69) is 36.4 Å². The number of benzene rings is 1. The normalized spacial score (nSPS) is 13.3. The fraction of sp³-hybridized carbons (Fsp3) is 0.533. The summed E-state index contributed by atoms with van der Waals surface area (Å²) in [5, 5.41) is 6.47. The maximum absolute atomic E-state index is 12.0. The van der Waals surface area contributed by atoms with Crippen LogP contribution in [0.5, 0.6) is 0 Å². The van der Waals surface area contributed by atoms with Crippen molar-refractivity contribution < 1.29 is 8.42 Å². The molecule has 1 rings (SSSR count). The van der Waals surface area contributed by atoms with Crippen molar-refractivity contribution in [3.63, 3.8) is 0 Å². The first kappa shape index (κ1) is 18.4. The van der Waals surface area contributed by atoms with Crippen LogP contribution in [0.4, 0.5) is 0 Å². The summed E-state index contributed by atoms with van der Waals surface area (Å²) >= 11 is 0. The molecule has 2 N–H and O–H groups in total. The number of nitrogens with zero attached hydrogens (tertiary/aromatic N) is 2. The molecule has 0 fully saturated rings. The number of nitrogens with one attached hydrogen (secondary N) is 2. The highest BCUT2D eigenvalue weighted by Gasteiger charge is 2.16. The Morgan fingerprint density at radius 1 is 1.18 bits per heavy atom. The van der Waals surface area contributed by atoms with Crippen LogP contribution in [0.25, 0.3) is 0 Å². The van der Waals surface area contributed by atoms with Gasteiger partial charge >= 0.3 is 0 Å². The molecule has 22 heavy (non-hydrogen) atoms. The molecule has 0 saturated heterocycles. The molecule has 0 aliphatic heterocycles. The number of rotatable bonds is 4. The lowest BCUT2D eigenvalue weighted by Gasteiger charge is -2.23. The van der Waals surface area contributed by atoms with Crippen molar-refractivity contribution in [2.75, 3.05) is 21.1 Å². The summed E-state index contributed by atoms with van der Waals surface area (Å²) in [6, 6.07) is 6.83. The molecule has 0 saturated carbocycles. The zero-order chi connectivity index (χ0) is 17.0. The molecule has 1 aromatic rings. The molecular weight excluding hydrogens is 300 g/mol. The highest BCUT2D eigenvalue weighted by atomic mass is 32.2. The predicted octanol–water partition coefficient (Wildman–Crippen LogP) is 1.40. The summed E-state index contributed by atoms with van der Waals surface area (Å²) in [6.07, 6.45) is 0. The molecule has 0 aliphatic rings. The Morgan fingerprint density at radius 3 is 2.14 bits per heavy atom. The third kappa shape index (κ3) is 5.31. The Labute approximate surface area is 133 Å². The molecule has 0 heterocycles. The van der Waals surface area contributed by atoms with Crippen molar-refractivity contribution in [1.82, 2.24) is 14.9 Å². The van der Waals surface area contributed by atoms with Crippen LogP contribution in [0.1, 0.15) is 26.3 Å². The van der Waals surface area contributed by atoms with Gasteiger partial charge in [0.1, 0.15) is 0 Å². The summed E-state index contributed by atoms with van der Waals surface area (Å²) in [6.45, 7) is 6.74. The molecule has 0 spiro atoms. The van der Waals surface area contributed by atoms with Crippen molar-refractivity contribution in [2.24, 2.45) is 4.99 Å². The largest absolute Gasteiger partial charge is 0.352 e. The first-order valence-electron chi connectivity index (χ1n) is 7.06. The molecule has 0 atom stereocenters. The highest BCUT2D eigenvalue weighted by molar-refractivity contribution is 7.89. The first-order chi connectivity index (χ1) is 10.1. The van der Waals surface area contributed by atoms with Crippen LogP contribution in [0.15, 0.2) is 34.2 Å². The minimum absolute atomic E-state index is 0.0779. The van der Waals surface area contributed by atoms with Crippen LogP contribution in [0.2, 0.25) is 0 Å². The first-order valence-corrected chi connectivity index (χ1v) is 8.50. The van der Waals surface area contributed by atoms with E-state index in [1.54, 1.807) is 31.3 Å². The smallest absolute Gasteiger partial charge is 0.242 e. The summed E-state index contributed by atoms with van der Waals surface area (Å²) in [7, 11) is 1.38.